The van der Waals surface area contributed by atoms with E-state index in [1.165, 1.54) is 16.4 Å². The van der Waals surface area contributed by atoms with Gasteiger partial charge in [0, 0.05) is 9.37 Å². The molecular weight excluding hydrogens is 338 g/mol. The topological polar surface area (TPSA) is 47.8 Å². The zero-order valence-corrected chi connectivity index (χ0v) is 12.8. The maximum atomic E-state index is 12.3. The van der Waals surface area contributed by atoms with Gasteiger partial charge in [-0.05, 0) is 40.2 Å². The fourth-order valence-corrected chi connectivity index (χ4v) is 3.24. The fourth-order valence-electron chi connectivity index (χ4n) is 1.80. The number of thioether (sulfide) groups is 1. The van der Waals surface area contributed by atoms with Crippen LogP contribution in [0.5, 0.6) is 0 Å². The SMILES string of the molecule is O=c1c2ccccc2nnn1CSc1ccccc1Br. The molecule has 0 atom stereocenters. The normalized spacial score (nSPS) is 10.8. The molecule has 0 spiro atoms. The predicted octanol–water partition coefficient (Wildman–Crippen LogP) is 3.30. The van der Waals surface area contributed by atoms with E-state index in [0.29, 0.717) is 16.8 Å². The highest BCUT2D eigenvalue weighted by Crippen LogP contribution is 2.27. The number of benzene rings is 2. The zero-order valence-electron chi connectivity index (χ0n) is 10.4. The Bertz CT molecular complexity index is 819. The van der Waals surface area contributed by atoms with Gasteiger partial charge >= 0.3 is 0 Å². The van der Waals surface area contributed by atoms with Crippen LogP contribution < -0.4 is 5.56 Å². The second-order valence-corrected chi connectivity index (χ2v) is 5.96. The average Bonchev–Trinajstić information content (AvgIpc) is 2.48. The van der Waals surface area contributed by atoms with E-state index in [-0.39, 0.29) is 5.56 Å². The van der Waals surface area contributed by atoms with Crippen LogP contribution in [-0.4, -0.2) is 15.0 Å². The summed E-state index contributed by atoms with van der Waals surface area (Å²) in [5, 5.41) is 8.63. The molecule has 0 radical (unpaired) electrons. The van der Waals surface area contributed by atoms with Crippen LogP contribution in [0.15, 0.2) is 62.7 Å². The lowest BCUT2D eigenvalue weighted by atomic mass is 10.2. The van der Waals surface area contributed by atoms with E-state index < -0.39 is 0 Å². The minimum atomic E-state index is -0.116. The Morgan fingerprint density at radius 1 is 1.10 bits per heavy atom. The van der Waals surface area contributed by atoms with Gasteiger partial charge in [-0.3, -0.25) is 4.79 Å². The Morgan fingerprint density at radius 2 is 1.85 bits per heavy atom. The van der Waals surface area contributed by atoms with Crippen molar-refractivity contribution in [1.82, 2.24) is 15.0 Å². The van der Waals surface area contributed by atoms with E-state index in [0.717, 1.165) is 9.37 Å². The molecule has 3 aromatic rings. The van der Waals surface area contributed by atoms with Crippen molar-refractivity contribution in [1.29, 1.82) is 0 Å². The molecule has 20 heavy (non-hydrogen) atoms. The molecule has 1 aromatic heterocycles. The third kappa shape index (κ3) is 2.62. The number of halogens is 1. The van der Waals surface area contributed by atoms with E-state index in [2.05, 4.69) is 26.2 Å². The van der Waals surface area contributed by atoms with Crippen LogP contribution in [0, 0.1) is 0 Å². The van der Waals surface area contributed by atoms with Crippen molar-refractivity contribution >= 4 is 38.6 Å². The molecule has 2 aromatic carbocycles. The van der Waals surface area contributed by atoms with Crippen molar-refractivity contribution in [2.75, 3.05) is 0 Å². The second kappa shape index (κ2) is 5.76. The molecule has 100 valence electrons. The van der Waals surface area contributed by atoms with Gasteiger partial charge < -0.3 is 0 Å². The van der Waals surface area contributed by atoms with Gasteiger partial charge in [-0.15, -0.1) is 16.9 Å². The highest BCUT2D eigenvalue weighted by Gasteiger charge is 2.06. The van der Waals surface area contributed by atoms with E-state index in [9.17, 15) is 4.79 Å². The lowest BCUT2D eigenvalue weighted by Crippen LogP contribution is -2.23. The molecule has 6 heteroatoms. The summed E-state index contributed by atoms with van der Waals surface area (Å²) in [5.41, 5.74) is 0.509. The monoisotopic (exact) mass is 347 g/mol. The molecule has 0 aliphatic heterocycles. The van der Waals surface area contributed by atoms with Crippen molar-refractivity contribution < 1.29 is 0 Å². The number of rotatable bonds is 3. The van der Waals surface area contributed by atoms with Gasteiger partial charge in [-0.1, -0.05) is 29.5 Å². The first-order valence-electron chi connectivity index (χ1n) is 5.95. The van der Waals surface area contributed by atoms with Crippen LogP contribution in [-0.2, 0) is 5.88 Å². The number of hydrogen-bond acceptors (Lipinski definition) is 4. The fraction of sp³-hybridized carbons (Fsp3) is 0.0714. The summed E-state index contributed by atoms with van der Waals surface area (Å²) in [6.07, 6.45) is 0. The standard InChI is InChI=1S/C14H10BrN3OS/c15-11-6-2-4-8-13(11)20-9-18-14(19)10-5-1-3-7-12(10)16-17-18/h1-8H,9H2. The maximum absolute atomic E-state index is 12.3. The molecule has 0 N–H and O–H groups in total. The first-order valence-corrected chi connectivity index (χ1v) is 7.73. The van der Waals surface area contributed by atoms with Crippen LogP contribution in [0.2, 0.25) is 0 Å². The Kier molecular flexibility index (Phi) is 3.84. The number of nitrogens with zero attached hydrogens (tertiary/aromatic N) is 3. The molecule has 0 aliphatic rings. The zero-order chi connectivity index (χ0) is 13.9. The number of hydrogen-bond donors (Lipinski definition) is 0. The van der Waals surface area contributed by atoms with Crippen LogP contribution in [0.25, 0.3) is 10.9 Å². The summed E-state index contributed by atoms with van der Waals surface area (Å²) in [5.74, 6) is 0.430. The van der Waals surface area contributed by atoms with Gasteiger partial charge in [-0.2, -0.15) is 0 Å². The number of aromatic nitrogens is 3. The molecule has 0 amide bonds. The summed E-state index contributed by atoms with van der Waals surface area (Å²) in [6.45, 7) is 0. The average molecular weight is 348 g/mol. The van der Waals surface area contributed by atoms with Crippen molar-refractivity contribution in [2.45, 2.75) is 10.8 Å². The largest absolute Gasteiger partial charge is 0.278 e. The molecule has 4 nitrogen and oxygen atoms in total. The summed E-state index contributed by atoms with van der Waals surface area (Å²) >= 11 is 5.02. The van der Waals surface area contributed by atoms with Crippen LogP contribution >= 0.6 is 27.7 Å². The van der Waals surface area contributed by atoms with Crippen LogP contribution in [0.3, 0.4) is 0 Å². The molecule has 0 saturated heterocycles. The third-order valence-electron chi connectivity index (χ3n) is 2.81. The summed E-state index contributed by atoms with van der Waals surface area (Å²) in [7, 11) is 0. The van der Waals surface area contributed by atoms with Gasteiger partial charge in [0.2, 0.25) is 0 Å². The first-order chi connectivity index (χ1) is 9.75. The smallest absolute Gasteiger partial charge is 0.267 e. The quantitative estimate of drug-likeness (QED) is 0.682. The third-order valence-corrected chi connectivity index (χ3v) is 4.80. The highest BCUT2D eigenvalue weighted by molar-refractivity contribution is 9.10. The summed E-state index contributed by atoms with van der Waals surface area (Å²) in [4.78, 5) is 13.3. The van der Waals surface area contributed by atoms with E-state index in [4.69, 9.17) is 0 Å². The van der Waals surface area contributed by atoms with Crippen LogP contribution in [0.4, 0.5) is 0 Å². The Labute approximate surface area is 127 Å². The molecule has 3 rings (SSSR count). The molecule has 0 saturated carbocycles. The van der Waals surface area contributed by atoms with Gasteiger partial charge in [-0.25, -0.2) is 4.68 Å². The van der Waals surface area contributed by atoms with Crippen molar-refractivity contribution in [3.05, 3.63) is 63.4 Å². The molecule has 0 unspecified atom stereocenters. The van der Waals surface area contributed by atoms with E-state index in [1.807, 2.05) is 36.4 Å². The first kappa shape index (κ1) is 13.3. The molecule has 0 fully saturated rings. The molecule has 0 bridgehead atoms. The maximum Gasteiger partial charge on any atom is 0.278 e. The highest BCUT2D eigenvalue weighted by atomic mass is 79.9. The lowest BCUT2D eigenvalue weighted by Gasteiger charge is -2.06. The van der Waals surface area contributed by atoms with Gasteiger partial charge in [0.05, 0.1) is 11.3 Å². The van der Waals surface area contributed by atoms with Gasteiger partial charge in [0.15, 0.2) is 0 Å². The van der Waals surface area contributed by atoms with Crippen LogP contribution in [0.1, 0.15) is 0 Å². The minimum Gasteiger partial charge on any atom is -0.267 e. The van der Waals surface area contributed by atoms with Crippen molar-refractivity contribution in [3.63, 3.8) is 0 Å². The second-order valence-electron chi connectivity index (χ2n) is 4.12. The van der Waals surface area contributed by atoms with Crippen molar-refractivity contribution in [3.8, 4) is 0 Å². The van der Waals surface area contributed by atoms with Crippen molar-refractivity contribution in [2.24, 2.45) is 0 Å². The lowest BCUT2D eigenvalue weighted by molar-refractivity contribution is 0.645. The Hall–Kier alpha value is -1.66. The van der Waals surface area contributed by atoms with E-state index in [1.54, 1.807) is 12.1 Å². The Morgan fingerprint density at radius 3 is 2.70 bits per heavy atom. The minimum absolute atomic E-state index is 0.116. The Balaban J connectivity index is 1.90. The predicted molar refractivity (Wildman–Crippen MR) is 83.8 cm³/mol. The van der Waals surface area contributed by atoms with Gasteiger partial charge in [0.25, 0.3) is 5.56 Å². The number of fused-ring (bicyclic) bond motifs is 1. The van der Waals surface area contributed by atoms with E-state index >= 15 is 0 Å². The van der Waals surface area contributed by atoms with Gasteiger partial charge in [0.1, 0.15) is 5.52 Å². The summed E-state index contributed by atoms with van der Waals surface area (Å²) in [6, 6.07) is 15.1. The molecule has 0 aliphatic carbocycles. The molecular formula is C14H10BrN3OS. The summed E-state index contributed by atoms with van der Waals surface area (Å²) < 4.78 is 2.39. The molecule has 1 heterocycles.